The Bertz CT molecular complexity index is 601. The predicted octanol–water partition coefficient (Wildman–Crippen LogP) is 1.95. The van der Waals surface area contributed by atoms with Gasteiger partial charge in [0.15, 0.2) is 5.82 Å². The number of nitrogens with zero attached hydrogens (tertiary/aromatic N) is 3. The second kappa shape index (κ2) is 6.93. The molecule has 2 aromatic rings. The van der Waals surface area contributed by atoms with Crippen LogP contribution in [0.1, 0.15) is 12.8 Å². The number of methoxy groups -OCH3 is 1. The molecule has 0 spiro atoms. The Balaban J connectivity index is 1.42. The summed E-state index contributed by atoms with van der Waals surface area (Å²) < 4.78 is 10.7. The Kier molecular flexibility index (Phi) is 4.53. The molecular formula is C15H19N5O2. The molecular weight excluding hydrogens is 282 g/mol. The predicted molar refractivity (Wildman–Crippen MR) is 83.5 cm³/mol. The van der Waals surface area contributed by atoms with E-state index in [9.17, 15) is 0 Å². The number of anilines is 2. The summed E-state index contributed by atoms with van der Waals surface area (Å²) in [5.74, 6) is 2.88. The fraction of sp³-hybridized carbons (Fsp3) is 0.400. The molecule has 1 saturated carbocycles. The van der Waals surface area contributed by atoms with E-state index in [1.54, 1.807) is 13.3 Å². The van der Waals surface area contributed by atoms with Crippen LogP contribution in [0.3, 0.4) is 0 Å². The van der Waals surface area contributed by atoms with Crippen molar-refractivity contribution in [3.8, 4) is 11.5 Å². The van der Waals surface area contributed by atoms with Crippen LogP contribution in [0.2, 0.25) is 0 Å². The first-order valence-corrected chi connectivity index (χ1v) is 7.30. The molecule has 1 fully saturated rings. The van der Waals surface area contributed by atoms with Gasteiger partial charge in [-0.25, -0.2) is 0 Å². The molecule has 1 aromatic carbocycles. The highest BCUT2D eigenvalue weighted by atomic mass is 16.5. The van der Waals surface area contributed by atoms with Crippen LogP contribution in [0.25, 0.3) is 0 Å². The van der Waals surface area contributed by atoms with E-state index in [1.165, 1.54) is 12.8 Å². The van der Waals surface area contributed by atoms with E-state index in [2.05, 4.69) is 25.8 Å². The largest absolute Gasteiger partial charge is 0.497 e. The molecule has 7 nitrogen and oxygen atoms in total. The fourth-order valence-electron chi connectivity index (χ4n) is 1.88. The minimum absolute atomic E-state index is 0.510. The molecule has 22 heavy (non-hydrogen) atoms. The van der Waals surface area contributed by atoms with Crippen molar-refractivity contribution in [2.75, 3.05) is 30.9 Å². The van der Waals surface area contributed by atoms with E-state index in [0.717, 1.165) is 11.5 Å². The van der Waals surface area contributed by atoms with E-state index >= 15 is 0 Å². The number of nitrogens with one attached hydrogen (secondary N) is 2. The van der Waals surface area contributed by atoms with Crippen LogP contribution in [0.5, 0.6) is 11.5 Å². The van der Waals surface area contributed by atoms with Crippen LogP contribution < -0.4 is 20.1 Å². The van der Waals surface area contributed by atoms with Crippen LogP contribution in [0, 0.1) is 0 Å². The molecule has 0 bridgehead atoms. The normalized spacial score (nSPS) is 13.5. The fourth-order valence-corrected chi connectivity index (χ4v) is 1.88. The number of hydrogen-bond acceptors (Lipinski definition) is 7. The summed E-state index contributed by atoms with van der Waals surface area (Å²) in [6.07, 6.45) is 3.96. The molecule has 1 aliphatic carbocycles. The van der Waals surface area contributed by atoms with Gasteiger partial charge in [-0.1, -0.05) is 0 Å². The Morgan fingerprint density at radius 2 is 1.95 bits per heavy atom. The maximum Gasteiger partial charge on any atom is 0.244 e. The summed E-state index contributed by atoms with van der Waals surface area (Å²) in [5.41, 5.74) is 0. The van der Waals surface area contributed by atoms with Crippen molar-refractivity contribution in [2.24, 2.45) is 0 Å². The van der Waals surface area contributed by atoms with E-state index in [-0.39, 0.29) is 0 Å². The molecule has 0 saturated heterocycles. The Morgan fingerprint density at radius 1 is 1.18 bits per heavy atom. The van der Waals surface area contributed by atoms with Crippen molar-refractivity contribution in [1.82, 2.24) is 15.2 Å². The van der Waals surface area contributed by atoms with E-state index in [1.807, 2.05) is 24.3 Å². The molecule has 1 aromatic heterocycles. The highest BCUT2D eigenvalue weighted by Crippen LogP contribution is 2.22. The van der Waals surface area contributed by atoms with Gasteiger partial charge in [0.1, 0.15) is 18.1 Å². The highest BCUT2D eigenvalue weighted by molar-refractivity contribution is 5.38. The second-order valence-corrected chi connectivity index (χ2v) is 5.03. The summed E-state index contributed by atoms with van der Waals surface area (Å²) in [6, 6.07) is 8.00. The van der Waals surface area contributed by atoms with Gasteiger partial charge in [0, 0.05) is 6.04 Å². The molecule has 116 valence electrons. The molecule has 0 amide bonds. The minimum Gasteiger partial charge on any atom is -0.497 e. The molecule has 0 atom stereocenters. The summed E-state index contributed by atoms with van der Waals surface area (Å²) >= 11 is 0. The summed E-state index contributed by atoms with van der Waals surface area (Å²) in [4.78, 5) is 4.35. The molecule has 3 rings (SSSR count). The topological polar surface area (TPSA) is 81.2 Å². The smallest absolute Gasteiger partial charge is 0.244 e. The lowest BCUT2D eigenvalue weighted by molar-refractivity contribution is 0.331. The minimum atomic E-state index is 0.510. The van der Waals surface area contributed by atoms with Crippen LogP contribution >= 0.6 is 0 Å². The van der Waals surface area contributed by atoms with Gasteiger partial charge in [0.05, 0.1) is 19.9 Å². The van der Waals surface area contributed by atoms with Gasteiger partial charge in [-0.2, -0.15) is 10.1 Å². The Hall–Kier alpha value is -2.57. The Morgan fingerprint density at radius 3 is 2.68 bits per heavy atom. The van der Waals surface area contributed by atoms with Gasteiger partial charge in [-0.3, -0.25) is 0 Å². The van der Waals surface area contributed by atoms with Crippen molar-refractivity contribution in [3.05, 3.63) is 30.5 Å². The third-order valence-corrected chi connectivity index (χ3v) is 3.21. The third kappa shape index (κ3) is 4.21. The first-order valence-electron chi connectivity index (χ1n) is 7.30. The quantitative estimate of drug-likeness (QED) is 0.721. The zero-order valence-corrected chi connectivity index (χ0v) is 12.5. The van der Waals surface area contributed by atoms with Crippen molar-refractivity contribution in [1.29, 1.82) is 0 Å². The number of benzene rings is 1. The maximum atomic E-state index is 5.63. The zero-order chi connectivity index (χ0) is 15.2. The summed E-state index contributed by atoms with van der Waals surface area (Å²) in [6.45, 7) is 1.16. The van der Waals surface area contributed by atoms with E-state index in [4.69, 9.17) is 9.47 Å². The molecule has 0 radical (unpaired) electrons. The van der Waals surface area contributed by atoms with Crippen molar-refractivity contribution in [2.45, 2.75) is 18.9 Å². The highest BCUT2D eigenvalue weighted by Gasteiger charge is 2.22. The molecule has 0 aliphatic heterocycles. The summed E-state index contributed by atoms with van der Waals surface area (Å²) in [7, 11) is 1.64. The molecule has 0 unspecified atom stereocenters. The van der Waals surface area contributed by atoms with Crippen LogP contribution in [-0.2, 0) is 0 Å². The monoisotopic (exact) mass is 301 g/mol. The van der Waals surface area contributed by atoms with Crippen LogP contribution in [0.4, 0.5) is 11.8 Å². The van der Waals surface area contributed by atoms with Gasteiger partial charge in [-0.05, 0) is 37.1 Å². The molecule has 7 heteroatoms. The van der Waals surface area contributed by atoms with Crippen LogP contribution in [-0.4, -0.2) is 41.5 Å². The van der Waals surface area contributed by atoms with Gasteiger partial charge in [0.2, 0.25) is 5.95 Å². The lowest BCUT2D eigenvalue weighted by atomic mass is 10.3. The third-order valence-electron chi connectivity index (χ3n) is 3.21. The molecule has 1 aliphatic rings. The molecule has 1 heterocycles. The summed E-state index contributed by atoms with van der Waals surface area (Å²) in [5, 5.41) is 14.3. The standard InChI is InChI=1S/C15H19N5O2/c1-21-12-4-6-13(7-5-12)22-9-8-16-14-10-17-20-15(19-14)18-11-2-3-11/h4-7,10-11H,2-3,8-9H2,1H3,(H2,16,18,19,20). The Labute approximate surface area is 129 Å². The second-order valence-electron chi connectivity index (χ2n) is 5.03. The van der Waals surface area contributed by atoms with Gasteiger partial charge in [0.25, 0.3) is 0 Å². The van der Waals surface area contributed by atoms with Crippen LogP contribution in [0.15, 0.2) is 30.5 Å². The van der Waals surface area contributed by atoms with Gasteiger partial charge in [-0.15, -0.1) is 5.10 Å². The number of rotatable bonds is 8. The number of hydrogen-bond donors (Lipinski definition) is 2. The van der Waals surface area contributed by atoms with Crippen molar-refractivity contribution in [3.63, 3.8) is 0 Å². The lowest BCUT2D eigenvalue weighted by Gasteiger charge is -2.09. The average Bonchev–Trinajstić information content (AvgIpc) is 3.36. The number of aromatic nitrogens is 3. The maximum absolute atomic E-state index is 5.63. The number of ether oxygens (including phenoxy) is 2. The van der Waals surface area contributed by atoms with Gasteiger partial charge >= 0.3 is 0 Å². The molecule has 2 N–H and O–H groups in total. The zero-order valence-electron chi connectivity index (χ0n) is 12.5. The van der Waals surface area contributed by atoms with Crippen molar-refractivity contribution >= 4 is 11.8 Å². The SMILES string of the molecule is COc1ccc(OCCNc2cnnc(NC3CC3)n2)cc1. The lowest BCUT2D eigenvalue weighted by Crippen LogP contribution is -2.14. The van der Waals surface area contributed by atoms with Crippen molar-refractivity contribution < 1.29 is 9.47 Å². The first kappa shape index (κ1) is 14.4. The first-order chi connectivity index (χ1) is 10.8. The van der Waals surface area contributed by atoms with Gasteiger partial charge < -0.3 is 20.1 Å². The van der Waals surface area contributed by atoms with E-state index < -0.39 is 0 Å². The van der Waals surface area contributed by atoms with E-state index in [0.29, 0.717) is 31.0 Å². The average molecular weight is 301 g/mol.